The predicted octanol–water partition coefficient (Wildman–Crippen LogP) is 2.53. The van der Waals surface area contributed by atoms with Crippen LogP contribution in [-0.2, 0) is 25.8 Å². The van der Waals surface area contributed by atoms with Crippen LogP contribution in [0.25, 0.3) is 0 Å². The minimum Gasteiger partial charge on any atom is -0.314 e. The lowest BCUT2D eigenvalue weighted by atomic mass is 9.94. The fourth-order valence-corrected chi connectivity index (χ4v) is 4.76. The van der Waals surface area contributed by atoms with Crippen molar-refractivity contribution in [2.45, 2.75) is 31.8 Å². The Balaban J connectivity index is 1.20. The topological polar surface area (TPSA) is 58.0 Å². The van der Waals surface area contributed by atoms with Gasteiger partial charge in [0.25, 0.3) is 0 Å². The van der Waals surface area contributed by atoms with Crippen LogP contribution in [0.15, 0.2) is 54.6 Å². The number of aryl methyl sites for hydroxylation is 2. The van der Waals surface area contributed by atoms with E-state index in [1.807, 2.05) is 12.1 Å². The molecule has 1 saturated heterocycles. The smallest absolute Gasteiger partial charge is 0.134 e. The van der Waals surface area contributed by atoms with Gasteiger partial charge in [-0.05, 0) is 29.7 Å². The molecule has 2 aromatic carbocycles. The van der Waals surface area contributed by atoms with E-state index in [0.29, 0.717) is 5.92 Å². The highest BCUT2D eigenvalue weighted by Gasteiger charge is 2.30. The summed E-state index contributed by atoms with van der Waals surface area (Å²) in [6.07, 6.45) is 2.83. The zero-order chi connectivity index (χ0) is 21.0. The number of fused-ring (bicyclic) bond motifs is 1. The highest BCUT2D eigenvalue weighted by molar-refractivity contribution is 5.22. The number of hydrogen-bond acceptors (Lipinski definition) is 5. The van der Waals surface area contributed by atoms with Crippen LogP contribution in [0.3, 0.4) is 0 Å². The average molecular weight is 421 g/mol. The van der Waals surface area contributed by atoms with E-state index < -0.39 is 0 Å². The van der Waals surface area contributed by atoms with Gasteiger partial charge in [-0.3, -0.25) is 5.43 Å². The van der Waals surface area contributed by atoms with Crippen LogP contribution in [0.2, 0.25) is 0 Å². The van der Waals surface area contributed by atoms with E-state index in [-0.39, 0.29) is 11.9 Å². The molecular formula is C24H29FN6. The van der Waals surface area contributed by atoms with Gasteiger partial charge in [0.05, 0.1) is 6.04 Å². The maximum Gasteiger partial charge on any atom is 0.134 e. The van der Waals surface area contributed by atoms with Crippen molar-refractivity contribution in [3.63, 3.8) is 0 Å². The Morgan fingerprint density at radius 3 is 2.61 bits per heavy atom. The SMILES string of the molecule is Fc1ccc(C2NNCC2CN2CCc3nnc(CCc4ccccc4)n3CC2)cc1. The first kappa shape index (κ1) is 20.3. The number of hydrazine groups is 1. The molecular weight excluding hydrogens is 391 g/mol. The molecule has 31 heavy (non-hydrogen) atoms. The van der Waals surface area contributed by atoms with E-state index >= 15 is 0 Å². The molecule has 7 heteroatoms. The summed E-state index contributed by atoms with van der Waals surface area (Å²) in [4.78, 5) is 2.53. The maximum absolute atomic E-state index is 13.3. The molecule has 1 fully saturated rings. The summed E-state index contributed by atoms with van der Waals surface area (Å²) >= 11 is 0. The first-order valence-electron chi connectivity index (χ1n) is 11.2. The normalized spacial score (nSPS) is 21.7. The maximum atomic E-state index is 13.3. The highest BCUT2D eigenvalue weighted by Crippen LogP contribution is 2.26. The number of benzene rings is 2. The first-order valence-corrected chi connectivity index (χ1v) is 11.2. The molecule has 3 heterocycles. The van der Waals surface area contributed by atoms with Gasteiger partial charge in [-0.15, -0.1) is 10.2 Å². The standard InChI is InChI=1S/C24H29FN6/c25-21-9-7-19(8-10-21)24-20(16-26-29-24)17-30-13-12-23-28-27-22(31(23)15-14-30)11-6-18-4-2-1-3-5-18/h1-5,7-10,20,24,26,29H,6,11-17H2. The van der Waals surface area contributed by atoms with E-state index in [2.05, 4.69) is 60.8 Å². The zero-order valence-electron chi connectivity index (χ0n) is 17.7. The highest BCUT2D eigenvalue weighted by atomic mass is 19.1. The average Bonchev–Trinajstić information content (AvgIpc) is 3.36. The number of aromatic nitrogens is 3. The van der Waals surface area contributed by atoms with Crippen molar-refractivity contribution < 1.29 is 4.39 Å². The Labute approximate surface area is 182 Å². The van der Waals surface area contributed by atoms with Crippen LogP contribution >= 0.6 is 0 Å². The summed E-state index contributed by atoms with van der Waals surface area (Å²) in [5.74, 6) is 2.44. The summed E-state index contributed by atoms with van der Waals surface area (Å²) in [5, 5.41) is 8.98. The Bertz CT molecular complexity index is 987. The molecule has 2 aliphatic rings. The second-order valence-electron chi connectivity index (χ2n) is 8.53. The lowest BCUT2D eigenvalue weighted by Gasteiger charge is -2.26. The molecule has 6 nitrogen and oxygen atoms in total. The Hall–Kier alpha value is -2.61. The number of halogens is 1. The van der Waals surface area contributed by atoms with Crippen molar-refractivity contribution in [1.29, 1.82) is 0 Å². The minimum absolute atomic E-state index is 0.190. The summed E-state index contributed by atoms with van der Waals surface area (Å²) in [7, 11) is 0. The number of rotatable bonds is 6. The third kappa shape index (κ3) is 4.69. The number of hydrogen-bond donors (Lipinski definition) is 2. The molecule has 0 aliphatic carbocycles. The second-order valence-corrected chi connectivity index (χ2v) is 8.53. The number of nitrogens with one attached hydrogen (secondary N) is 2. The Morgan fingerprint density at radius 2 is 1.77 bits per heavy atom. The van der Waals surface area contributed by atoms with Gasteiger partial charge in [-0.1, -0.05) is 42.5 Å². The van der Waals surface area contributed by atoms with Gasteiger partial charge < -0.3 is 9.47 Å². The molecule has 5 rings (SSSR count). The number of nitrogens with zero attached hydrogens (tertiary/aromatic N) is 4. The molecule has 162 valence electrons. The molecule has 3 aromatic rings. The molecule has 2 aliphatic heterocycles. The summed E-state index contributed by atoms with van der Waals surface area (Å²) in [6, 6.07) is 17.6. The van der Waals surface area contributed by atoms with Crippen molar-refractivity contribution >= 4 is 0 Å². The van der Waals surface area contributed by atoms with Gasteiger partial charge >= 0.3 is 0 Å². The molecule has 0 radical (unpaired) electrons. The van der Waals surface area contributed by atoms with Gasteiger partial charge in [0.2, 0.25) is 0 Å². The Morgan fingerprint density at radius 1 is 0.935 bits per heavy atom. The lowest BCUT2D eigenvalue weighted by molar-refractivity contribution is 0.229. The molecule has 2 atom stereocenters. The Kier molecular flexibility index (Phi) is 6.06. The van der Waals surface area contributed by atoms with Crippen molar-refractivity contribution in [3.8, 4) is 0 Å². The second kappa shape index (κ2) is 9.26. The van der Waals surface area contributed by atoms with E-state index in [0.717, 1.165) is 69.2 Å². The van der Waals surface area contributed by atoms with Gasteiger partial charge in [0.1, 0.15) is 17.5 Å². The quantitative estimate of drug-likeness (QED) is 0.642. The van der Waals surface area contributed by atoms with Gasteiger partial charge in [0.15, 0.2) is 0 Å². The van der Waals surface area contributed by atoms with E-state index in [4.69, 9.17) is 0 Å². The molecule has 2 unspecified atom stereocenters. The van der Waals surface area contributed by atoms with Gasteiger partial charge in [-0.2, -0.15) is 0 Å². The third-order valence-electron chi connectivity index (χ3n) is 6.49. The zero-order valence-corrected chi connectivity index (χ0v) is 17.7. The van der Waals surface area contributed by atoms with Crippen LogP contribution < -0.4 is 10.9 Å². The predicted molar refractivity (Wildman–Crippen MR) is 118 cm³/mol. The van der Waals surface area contributed by atoms with Crippen molar-refractivity contribution in [1.82, 2.24) is 30.5 Å². The summed E-state index contributed by atoms with van der Waals surface area (Å²) in [6.45, 7) is 4.83. The van der Waals surface area contributed by atoms with E-state index in [1.54, 1.807) is 12.1 Å². The fourth-order valence-electron chi connectivity index (χ4n) is 4.76. The fraction of sp³-hybridized carbons (Fsp3) is 0.417. The van der Waals surface area contributed by atoms with Crippen LogP contribution in [0, 0.1) is 11.7 Å². The van der Waals surface area contributed by atoms with Crippen LogP contribution in [0.4, 0.5) is 4.39 Å². The molecule has 2 N–H and O–H groups in total. The molecule has 1 aromatic heterocycles. The van der Waals surface area contributed by atoms with Gasteiger partial charge in [0, 0.05) is 51.5 Å². The van der Waals surface area contributed by atoms with Gasteiger partial charge in [-0.25, -0.2) is 9.82 Å². The lowest BCUT2D eigenvalue weighted by Crippen LogP contribution is -2.35. The summed E-state index contributed by atoms with van der Waals surface area (Å²) in [5.41, 5.74) is 9.14. The molecule has 0 bridgehead atoms. The van der Waals surface area contributed by atoms with E-state index in [9.17, 15) is 4.39 Å². The van der Waals surface area contributed by atoms with Crippen molar-refractivity contribution in [2.24, 2.45) is 5.92 Å². The minimum atomic E-state index is -0.190. The van der Waals surface area contributed by atoms with Crippen LogP contribution in [0.5, 0.6) is 0 Å². The van der Waals surface area contributed by atoms with Crippen LogP contribution in [-0.4, -0.2) is 45.8 Å². The van der Waals surface area contributed by atoms with E-state index in [1.165, 1.54) is 5.56 Å². The van der Waals surface area contributed by atoms with Crippen molar-refractivity contribution in [3.05, 3.63) is 83.2 Å². The largest absolute Gasteiger partial charge is 0.314 e. The molecule has 0 spiro atoms. The first-order chi connectivity index (χ1) is 15.3. The summed E-state index contributed by atoms with van der Waals surface area (Å²) < 4.78 is 15.6. The third-order valence-corrected chi connectivity index (χ3v) is 6.49. The monoisotopic (exact) mass is 420 g/mol. The molecule has 0 amide bonds. The van der Waals surface area contributed by atoms with Crippen molar-refractivity contribution in [2.75, 3.05) is 26.2 Å². The van der Waals surface area contributed by atoms with Crippen LogP contribution in [0.1, 0.15) is 28.8 Å². The molecule has 0 saturated carbocycles.